The predicted octanol–water partition coefficient (Wildman–Crippen LogP) is 2.43. The third kappa shape index (κ3) is 3.03. The fraction of sp³-hybridized carbons (Fsp3) is 0.600. The number of ether oxygens (including phenoxy) is 1. The van der Waals surface area contributed by atoms with Gasteiger partial charge in [0.05, 0.1) is 12.7 Å². The number of nitrogens with one attached hydrogen (secondary N) is 1. The van der Waals surface area contributed by atoms with E-state index in [2.05, 4.69) is 17.4 Å². The molecule has 0 saturated heterocycles. The Kier molecular flexibility index (Phi) is 4.61. The second-order valence-corrected chi connectivity index (χ2v) is 5.04. The van der Waals surface area contributed by atoms with Crippen LogP contribution >= 0.6 is 0 Å². The maximum atomic E-state index is 9.26. The van der Waals surface area contributed by atoms with Crippen LogP contribution in [0.2, 0.25) is 0 Å². The van der Waals surface area contributed by atoms with E-state index in [0.29, 0.717) is 19.1 Å². The minimum atomic E-state index is -0.297. The van der Waals surface area contributed by atoms with E-state index >= 15 is 0 Å². The number of fused-ring (bicyclic) bond motifs is 1. The first-order valence-corrected chi connectivity index (χ1v) is 6.82. The Hall–Kier alpha value is -1.06. The second-order valence-electron chi connectivity index (χ2n) is 5.04. The molecule has 0 saturated carbocycles. The van der Waals surface area contributed by atoms with Crippen molar-refractivity contribution in [2.24, 2.45) is 0 Å². The van der Waals surface area contributed by atoms with E-state index in [-0.39, 0.29) is 6.10 Å². The van der Waals surface area contributed by atoms with E-state index in [1.54, 1.807) is 6.92 Å². The normalized spacial score (nSPS) is 20.3. The highest BCUT2D eigenvalue weighted by Gasteiger charge is 2.21. The van der Waals surface area contributed by atoms with Crippen molar-refractivity contribution >= 4 is 0 Å². The van der Waals surface area contributed by atoms with E-state index in [0.717, 1.165) is 12.2 Å². The SMILES string of the molecule is CNC1CCCc2c(OCCC(C)O)cccc21. The lowest BCUT2D eigenvalue weighted by Crippen LogP contribution is -2.22. The summed E-state index contributed by atoms with van der Waals surface area (Å²) in [5, 5.41) is 12.6. The van der Waals surface area contributed by atoms with Crippen LogP contribution in [0.4, 0.5) is 0 Å². The molecule has 0 heterocycles. The number of aliphatic hydroxyl groups excluding tert-OH is 1. The molecule has 1 aliphatic carbocycles. The molecule has 1 aromatic rings. The fourth-order valence-electron chi connectivity index (χ4n) is 2.59. The molecule has 2 atom stereocenters. The highest BCUT2D eigenvalue weighted by Crippen LogP contribution is 2.35. The third-order valence-electron chi connectivity index (χ3n) is 3.61. The van der Waals surface area contributed by atoms with Crippen LogP contribution in [0.5, 0.6) is 5.75 Å². The van der Waals surface area contributed by atoms with Gasteiger partial charge in [-0.25, -0.2) is 0 Å². The molecule has 1 aliphatic rings. The van der Waals surface area contributed by atoms with Crippen LogP contribution in [-0.4, -0.2) is 24.9 Å². The molecule has 1 aromatic carbocycles. The van der Waals surface area contributed by atoms with Crippen molar-refractivity contribution < 1.29 is 9.84 Å². The molecule has 3 heteroatoms. The van der Waals surface area contributed by atoms with Gasteiger partial charge in [0, 0.05) is 12.5 Å². The van der Waals surface area contributed by atoms with Crippen LogP contribution in [-0.2, 0) is 6.42 Å². The molecule has 2 rings (SSSR count). The van der Waals surface area contributed by atoms with Crippen molar-refractivity contribution in [3.63, 3.8) is 0 Å². The number of rotatable bonds is 5. The van der Waals surface area contributed by atoms with Crippen molar-refractivity contribution in [2.45, 2.75) is 44.8 Å². The average Bonchev–Trinajstić information content (AvgIpc) is 2.38. The van der Waals surface area contributed by atoms with Gasteiger partial charge in [0.25, 0.3) is 0 Å². The van der Waals surface area contributed by atoms with E-state index < -0.39 is 0 Å². The van der Waals surface area contributed by atoms with Gasteiger partial charge < -0.3 is 15.2 Å². The Morgan fingerprint density at radius 2 is 2.33 bits per heavy atom. The highest BCUT2D eigenvalue weighted by molar-refractivity contribution is 5.43. The van der Waals surface area contributed by atoms with Crippen LogP contribution < -0.4 is 10.1 Å². The number of benzene rings is 1. The summed E-state index contributed by atoms with van der Waals surface area (Å²) in [4.78, 5) is 0. The average molecular weight is 249 g/mol. The Bertz CT molecular complexity index is 390. The molecule has 0 radical (unpaired) electrons. The number of aliphatic hydroxyl groups is 1. The van der Waals surface area contributed by atoms with Crippen LogP contribution in [0.1, 0.15) is 43.4 Å². The van der Waals surface area contributed by atoms with E-state index in [1.165, 1.54) is 24.0 Å². The highest BCUT2D eigenvalue weighted by atomic mass is 16.5. The molecular weight excluding hydrogens is 226 g/mol. The molecule has 0 aromatic heterocycles. The molecule has 0 spiro atoms. The summed E-state index contributed by atoms with van der Waals surface area (Å²) in [5.41, 5.74) is 2.71. The van der Waals surface area contributed by atoms with Gasteiger partial charge in [-0.15, -0.1) is 0 Å². The molecule has 0 fully saturated rings. The summed E-state index contributed by atoms with van der Waals surface area (Å²) in [6, 6.07) is 6.75. The van der Waals surface area contributed by atoms with Crippen LogP contribution in [0.25, 0.3) is 0 Å². The summed E-state index contributed by atoms with van der Waals surface area (Å²) in [5.74, 6) is 0.994. The third-order valence-corrected chi connectivity index (χ3v) is 3.61. The first kappa shape index (κ1) is 13.4. The predicted molar refractivity (Wildman–Crippen MR) is 73.0 cm³/mol. The quantitative estimate of drug-likeness (QED) is 0.842. The van der Waals surface area contributed by atoms with E-state index in [9.17, 15) is 5.11 Å². The Labute approximate surface area is 109 Å². The Morgan fingerprint density at radius 3 is 3.06 bits per heavy atom. The minimum absolute atomic E-state index is 0.297. The Morgan fingerprint density at radius 1 is 1.50 bits per heavy atom. The zero-order chi connectivity index (χ0) is 13.0. The summed E-state index contributed by atoms with van der Waals surface area (Å²) in [6.45, 7) is 2.37. The van der Waals surface area contributed by atoms with E-state index in [1.807, 2.05) is 13.1 Å². The fourth-order valence-corrected chi connectivity index (χ4v) is 2.59. The van der Waals surface area contributed by atoms with Crippen molar-refractivity contribution in [2.75, 3.05) is 13.7 Å². The van der Waals surface area contributed by atoms with Crippen LogP contribution in [0.3, 0.4) is 0 Å². The summed E-state index contributed by atoms with van der Waals surface area (Å²) in [7, 11) is 2.01. The topological polar surface area (TPSA) is 41.5 Å². The van der Waals surface area contributed by atoms with Crippen molar-refractivity contribution in [3.8, 4) is 5.75 Å². The zero-order valence-corrected chi connectivity index (χ0v) is 11.3. The maximum Gasteiger partial charge on any atom is 0.122 e. The van der Waals surface area contributed by atoms with Crippen molar-refractivity contribution in [1.29, 1.82) is 0 Å². The molecule has 0 aliphatic heterocycles. The minimum Gasteiger partial charge on any atom is -0.493 e. The van der Waals surface area contributed by atoms with Gasteiger partial charge in [0.2, 0.25) is 0 Å². The molecule has 2 unspecified atom stereocenters. The number of hydrogen-bond acceptors (Lipinski definition) is 3. The maximum absolute atomic E-state index is 9.26. The smallest absolute Gasteiger partial charge is 0.122 e. The molecule has 2 N–H and O–H groups in total. The van der Waals surface area contributed by atoms with Gasteiger partial charge in [0.15, 0.2) is 0 Å². The standard InChI is InChI=1S/C15H23NO2/c1-11(17)9-10-18-15-8-4-5-12-13(15)6-3-7-14(12)16-2/h4-5,8,11,14,16-17H,3,6-7,9-10H2,1-2H3. The second kappa shape index (κ2) is 6.21. The summed E-state index contributed by atoms with van der Waals surface area (Å²) in [6.07, 6.45) is 3.88. The monoisotopic (exact) mass is 249 g/mol. The molecule has 100 valence electrons. The summed E-state index contributed by atoms with van der Waals surface area (Å²) >= 11 is 0. The first-order chi connectivity index (χ1) is 8.72. The summed E-state index contributed by atoms with van der Waals surface area (Å²) < 4.78 is 5.82. The van der Waals surface area contributed by atoms with Crippen molar-refractivity contribution in [3.05, 3.63) is 29.3 Å². The Balaban J connectivity index is 2.11. The molecular formula is C15H23NO2. The van der Waals surface area contributed by atoms with Gasteiger partial charge in [-0.05, 0) is 50.4 Å². The van der Waals surface area contributed by atoms with Gasteiger partial charge in [0.1, 0.15) is 5.75 Å². The van der Waals surface area contributed by atoms with Gasteiger partial charge in [-0.3, -0.25) is 0 Å². The molecule has 3 nitrogen and oxygen atoms in total. The lowest BCUT2D eigenvalue weighted by molar-refractivity contribution is 0.155. The zero-order valence-electron chi connectivity index (χ0n) is 11.3. The van der Waals surface area contributed by atoms with Gasteiger partial charge >= 0.3 is 0 Å². The van der Waals surface area contributed by atoms with Crippen LogP contribution in [0.15, 0.2) is 18.2 Å². The molecule has 0 amide bonds. The molecule has 0 bridgehead atoms. The van der Waals surface area contributed by atoms with Crippen molar-refractivity contribution in [1.82, 2.24) is 5.32 Å². The van der Waals surface area contributed by atoms with Crippen LogP contribution in [0, 0.1) is 0 Å². The first-order valence-electron chi connectivity index (χ1n) is 6.82. The van der Waals surface area contributed by atoms with Gasteiger partial charge in [-0.1, -0.05) is 12.1 Å². The lowest BCUT2D eigenvalue weighted by Gasteiger charge is -2.27. The molecule has 18 heavy (non-hydrogen) atoms. The van der Waals surface area contributed by atoms with E-state index in [4.69, 9.17) is 4.74 Å². The van der Waals surface area contributed by atoms with Gasteiger partial charge in [-0.2, -0.15) is 0 Å². The number of hydrogen-bond donors (Lipinski definition) is 2. The largest absolute Gasteiger partial charge is 0.493 e. The lowest BCUT2D eigenvalue weighted by atomic mass is 9.87.